The van der Waals surface area contributed by atoms with Crippen LogP contribution in [0.3, 0.4) is 0 Å². The maximum atomic E-state index is 13.2. The zero-order valence-electron chi connectivity index (χ0n) is 19.7. The Labute approximate surface area is 201 Å². The number of anilines is 1. The fourth-order valence-corrected chi connectivity index (χ4v) is 4.19. The number of nitrogens with one attached hydrogen (secondary N) is 2. The number of aryl methyl sites for hydroxylation is 2. The van der Waals surface area contributed by atoms with Crippen LogP contribution in [0.2, 0.25) is 0 Å². The van der Waals surface area contributed by atoms with E-state index in [1.54, 1.807) is 36.6 Å². The average Bonchev–Trinajstić information content (AvgIpc) is 3.35. The van der Waals surface area contributed by atoms with Gasteiger partial charge in [-0.25, -0.2) is 14.2 Å². The molecule has 182 valence electrons. The molecular weight excluding hydrogens is 459 g/mol. The third-order valence-electron chi connectivity index (χ3n) is 5.17. The molecular formula is C23H29FN6O3S. The first-order chi connectivity index (χ1) is 16.3. The summed E-state index contributed by atoms with van der Waals surface area (Å²) in [5.41, 5.74) is 3.40. The second kappa shape index (κ2) is 11.7. The van der Waals surface area contributed by atoms with Crippen molar-refractivity contribution in [3.63, 3.8) is 0 Å². The number of rotatable bonds is 10. The van der Waals surface area contributed by atoms with E-state index in [1.807, 2.05) is 18.5 Å². The molecule has 0 unspecified atom stereocenters. The highest BCUT2D eigenvalue weighted by molar-refractivity contribution is 7.13. The van der Waals surface area contributed by atoms with Gasteiger partial charge < -0.3 is 15.0 Å². The SMILES string of the molecule is COCCCn1nc(C)c(C(=O)N(C)Cc2csc(NC(=O)NCc3cccc(F)c3)n2)c1C. The van der Waals surface area contributed by atoms with Crippen LogP contribution < -0.4 is 10.6 Å². The molecule has 3 rings (SSSR count). The molecule has 9 nitrogen and oxygen atoms in total. The van der Waals surface area contributed by atoms with Gasteiger partial charge in [-0.2, -0.15) is 5.10 Å². The van der Waals surface area contributed by atoms with Crippen LogP contribution in [0, 0.1) is 19.7 Å². The molecule has 2 heterocycles. The summed E-state index contributed by atoms with van der Waals surface area (Å²) in [6.45, 7) is 5.51. The van der Waals surface area contributed by atoms with E-state index < -0.39 is 6.03 Å². The Bertz CT molecular complexity index is 1150. The van der Waals surface area contributed by atoms with Gasteiger partial charge in [-0.15, -0.1) is 11.3 Å². The Morgan fingerprint density at radius 3 is 2.82 bits per heavy atom. The van der Waals surface area contributed by atoms with E-state index in [9.17, 15) is 14.0 Å². The first kappa shape index (κ1) is 25.3. The normalized spacial score (nSPS) is 10.9. The van der Waals surface area contributed by atoms with Gasteiger partial charge in [0.2, 0.25) is 0 Å². The van der Waals surface area contributed by atoms with Gasteiger partial charge in [-0.05, 0) is 38.0 Å². The van der Waals surface area contributed by atoms with Crippen LogP contribution in [-0.2, 0) is 24.4 Å². The molecule has 0 spiro atoms. The molecule has 3 aromatic rings. The van der Waals surface area contributed by atoms with Crippen molar-refractivity contribution >= 4 is 28.4 Å². The van der Waals surface area contributed by atoms with Gasteiger partial charge in [0.25, 0.3) is 5.91 Å². The molecule has 0 atom stereocenters. The highest BCUT2D eigenvalue weighted by Crippen LogP contribution is 2.20. The van der Waals surface area contributed by atoms with Crippen molar-refractivity contribution in [3.8, 4) is 0 Å². The van der Waals surface area contributed by atoms with Gasteiger partial charge in [0.05, 0.1) is 23.5 Å². The Morgan fingerprint density at radius 2 is 2.09 bits per heavy atom. The topological polar surface area (TPSA) is 101 Å². The van der Waals surface area contributed by atoms with Gasteiger partial charge in [0, 0.05) is 44.9 Å². The molecule has 2 aromatic heterocycles. The predicted molar refractivity (Wildman–Crippen MR) is 128 cm³/mol. The number of amides is 3. The summed E-state index contributed by atoms with van der Waals surface area (Å²) in [4.78, 5) is 31.2. The lowest BCUT2D eigenvalue weighted by molar-refractivity contribution is 0.0782. The zero-order chi connectivity index (χ0) is 24.7. The fraction of sp³-hybridized carbons (Fsp3) is 0.391. The minimum absolute atomic E-state index is 0.136. The van der Waals surface area contributed by atoms with E-state index in [4.69, 9.17) is 4.74 Å². The quantitative estimate of drug-likeness (QED) is 0.424. The number of thiazole rings is 1. The fourth-order valence-electron chi connectivity index (χ4n) is 3.50. The molecule has 0 aliphatic heterocycles. The molecule has 2 N–H and O–H groups in total. The van der Waals surface area contributed by atoms with Gasteiger partial charge in [-0.3, -0.25) is 14.8 Å². The van der Waals surface area contributed by atoms with Gasteiger partial charge in [0.1, 0.15) is 5.82 Å². The number of nitrogens with zero attached hydrogens (tertiary/aromatic N) is 4. The number of methoxy groups -OCH3 is 1. The second-order valence-corrected chi connectivity index (χ2v) is 8.72. The Hall–Kier alpha value is -3.31. The van der Waals surface area contributed by atoms with Crippen molar-refractivity contribution in [3.05, 3.63) is 63.7 Å². The summed E-state index contributed by atoms with van der Waals surface area (Å²) in [6.07, 6.45) is 0.812. The summed E-state index contributed by atoms with van der Waals surface area (Å²) in [7, 11) is 3.37. The minimum atomic E-state index is -0.443. The zero-order valence-corrected chi connectivity index (χ0v) is 20.5. The molecule has 1 aromatic carbocycles. The second-order valence-electron chi connectivity index (χ2n) is 7.86. The maximum absolute atomic E-state index is 13.2. The monoisotopic (exact) mass is 488 g/mol. The van der Waals surface area contributed by atoms with Crippen LogP contribution in [0.1, 0.15) is 39.4 Å². The summed E-state index contributed by atoms with van der Waals surface area (Å²) in [6, 6.07) is 5.58. The first-order valence-corrected chi connectivity index (χ1v) is 11.7. The van der Waals surface area contributed by atoms with E-state index in [1.165, 1.54) is 23.5 Å². The predicted octanol–water partition coefficient (Wildman–Crippen LogP) is 3.73. The molecule has 0 aliphatic carbocycles. The molecule has 0 saturated carbocycles. The number of carbonyl (C=O) groups excluding carboxylic acids is 2. The van der Waals surface area contributed by atoms with Crippen molar-refractivity contribution in [2.45, 2.75) is 39.9 Å². The van der Waals surface area contributed by atoms with Crippen LogP contribution >= 0.6 is 11.3 Å². The molecule has 11 heteroatoms. The third-order valence-corrected chi connectivity index (χ3v) is 5.98. The molecule has 0 fully saturated rings. The number of hydrogen-bond acceptors (Lipinski definition) is 6. The van der Waals surface area contributed by atoms with Crippen LogP contribution in [0.5, 0.6) is 0 Å². The van der Waals surface area contributed by atoms with E-state index in [0.717, 1.165) is 12.1 Å². The lowest BCUT2D eigenvalue weighted by Gasteiger charge is -2.16. The smallest absolute Gasteiger partial charge is 0.321 e. The van der Waals surface area contributed by atoms with Crippen molar-refractivity contribution in [1.82, 2.24) is 25.0 Å². The molecule has 0 radical (unpaired) electrons. The van der Waals surface area contributed by atoms with E-state index in [2.05, 4.69) is 20.7 Å². The highest BCUT2D eigenvalue weighted by Gasteiger charge is 2.22. The Morgan fingerprint density at radius 1 is 1.29 bits per heavy atom. The number of benzene rings is 1. The van der Waals surface area contributed by atoms with Gasteiger partial charge in [0.15, 0.2) is 5.13 Å². The molecule has 0 aliphatic rings. The van der Waals surface area contributed by atoms with Crippen molar-refractivity contribution in [2.75, 3.05) is 26.1 Å². The average molecular weight is 489 g/mol. The highest BCUT2D eigenvalue weighted by atomic mass is 32.1. The number of carbonyl (C=O) groups is 2. The number of aromatic nitrogens is 3. The molecule has 3 amide bonds. The van der Waals surface area contributed by atoms with Gasteiger partial charge in [-0.1, -0.05) is 12.1 Å². The number of halogens is 1. The summed E-state index contributed by atoms with van der Waals surface area (Å²) < 4.78 is 20.2. The molecule has 0 bridgehead atoms. The summed E-state index contributed by atoms with van der Waals surface area (Å²) in [5.74, 6) is -0.491. The minimum Gasteiger partial charge on any atom is -0.385 e. The summed E-state index contributed by atoms with van der Waals surface area (Å²) in [5, 5.41) is 12.0. The lowest BCUT2D eigenvalue weighted by atomic mass is 10.1. The largest absolute Gasteiger partial charge is 0.385 e. The van der Waals surface area contributed by atoms with Crippen molar-refractivity contribution in [1.29, 1.82) is 0 Å². The van der Waals surface area contributed by atoms with Crippen LogP contribution in [0.15, 0.2) is 29.6 Å². The number of hydrogen-bond donors (Lipinski definition) is 2. The van der Waals surface area contributed by atoms with E-state index in [-0.39, 0.29) is 24.8 Å². The number of urea groups is 1. The van der Waals surface area contributed by atoms with Crippen LogP contribution in [0.4, 0.5) is 14.3 Å². The van der Waals surface area contributed by atoms with Crippen LogP contribution in [-0.4, -0.2) is 52.4 Å². The summed E-state index contributed by atoms with van der Waals surface area (Å²) >= 11 is 1.26. The van der Waals surface area contributed by atoms with E-state index in [0.29, 0.717) is 40.8 Å². The first-order valence-electron chi connectivity index (χ1n) is 10.8. The maximum Gasteiger partial charge on any atom is 0.321 e. The van der Waals surface area contributed by atoms with Crippen molar-refractivity contribution in [2.24, 2.45) is 0 Å². The van der Waals surface area contributed by atoms with E-state index >= 15 is 0 Å². The van der Waals surface area contributed by atoms with Crippen molar-refractivity contribution < 1.29 is 18.7 Å². The standard InChI is InChI=1S/C23H29FN6O3S/c1-15-20(16(2)30(28-15)9-6-10-33-4)21(31)29(3)13-19-14-34-23(26-19)27-22(32)25-12-17-7-5-8-18(24)11-17/h5,7-8,11,14H,6,9-10,12-13H2,1-4H3,(H2,25,26,27,32). The molecule has 34 heavy (non-hydrogen) atoms. The van der Waals surface area contributed by atoms with Crippen LogP contribution in [0.25, 0.3) is 0 Å². The Balaban J connectivity index is 1.55. The molecule has 0 saturated heterocycles. The van der Waals surface area contributed by atoms with Gasteiger partial charge >= 0.3 is 6.03 Å². The third kappa shape index (κ3) is 6.61. The Kier molecular flexibility index (Phi) is 8.72. The number of ether oxygens (including phenoxy) is 1. The lowest BCUT2D eigenvalue weighted by Crippen LogP contribution is -2.28.